The van der Waals surface area contributed by atoms with Gasteiger partial charge in [0.05, 0.1) is 5.69 Å². The first-order valence-electron chi connectivity index (χ1n) is 6.16. The van der Waals surface area contributed by atoms with Crippen LogP contribution in [0.15, 0.2) is 18.2 Å². The van der Waals surface area contributed by atoms with Gasteiger partial charge in [-0.25, -0.2) is 4.39 Å². The molecule has 0 saturated carbocycles. The van der Waals surface area contributed by atoms with Gasteiger partial charge in [-0.3, -0.25) is 4.79 Å². The van der Waals surface area contributed by atoms with E-state index < -0.39 is 0 Å². The molecular formula is C14H21FN2O. The third-order valence-electron chi connectivity index (χ3n) is 2.93. The Hall–Kier alpha value is -1.42. The van der Waals surface area contributed by atoms with Crippen molar-refractivity contribution in [2.45, 2.75) is 19.9 Å². The first-order valence-corrected chi connectivity index (χ1v) is 6.16. The number of anilines is 1. The molecule has 1 atom stereocenters. The fourth-order valence-corrected chi connectivity index (χ4v) is 2.25. The summed E-state index contributed by atoms with van der Waals surface area (Å²) in [5, 5.41) is 0. The molecule has 0 N–H and O–H groups in total. The highest BCUT2D eigenvalue weighted by atomic mass is 19.1. The maximum atomic E-state index is 14.0. The molecule has 0 heterocycles. The molecule has 0 bridgehead atoms. The van der Waals surface area contributed by atoms with Crippen molar-refractivity contribution in [2.75, 3.05) is 32.1 Å². The van der Waals surface area contributed by atoms with E-state index in [1.165, 1.54) is 6.07 Å². The van der Waals surface area contributed by atoms with Gasteiger partial charge in [-0.05, 0) is 40.1 Å². The Morgan fingerprint density at radius 1 is 1.39 bits per heavy atom. The number of halogens is 1. The van der Waals surface area contributed by atoms with Crippen LogP contribution < -0.4 is 4.90 Å². The highest BCUT2D eigenvalue weighted by Gasteiger charge is 2.19. The van der Waals surface area contributed by atoms with Crippen molar-refractivity contribution < 1.29 is 9.18 Å². The van der Waals surface area contributed by atoms with Crippen molar-refractivity contribution in [3.8, 4) is 0 Å². The number of nitrogens with zero attached hydrogens (tertiary/aromatic N) is 2. The number of carbonyl (C=O) groups excluding carboxylic acids is 1. The standard InChI is InChI=1S/C14H21FN2O/c1-5-17(11(2)9-16(3)4)14-12(10-18)7-6-8-13(14)15/h6-8,10-11H,5,9H2,1-4H3. The van der Waals surface area contributed by atoms with Crippen LogP contribution in [0.25, 0.3) is 0 Å². The largest absolute Gasteiger partial charge is 0.365 e. The molecule has 0 spiro atoms. The summed E-state index contributed by atoms with van der Waals surface area (Å²) in [6.45, 7) is 5.47. The summed E-state index contributed by atoms with van der Waals surface area (Å²) in [6, 6.07) is 4.75. The molecule has 1 aromatic carbocycles. The van der Waals surface area contributed by atoms with Crippen LogP contribution in [0, 0.1) is 5.82 Å². The lowest BCUT2D eigenvalue weighted by Crippen LogP contribution is -2.41. The molecule has 0 amide bonds. The lowest BCUT2D eigenvalue weighted by Gasteiger charge is -2.33. The van der Waals surface area contributed by atoms with Gasteiger partial charge < -0.3 is 9.80 Å². The fraction of sp³-hybridized carbons (Fsp3) is 0.500. The van der Waals surface area contributed by atoms with E-state index in [2.05, 4.69) is 4.90 Å². The number of aldehydes is 1. The van der Waals surface area contributed by atoms with Crippen LogP contribution in [0.2, 0.25) is 0 Å². The van der Waals surface area contributed by atoms with E-state index in [0.29, 0.717) is 24.1 Å². The smallest absolute Gasteiger partial charge is 0.152 e. The fourth-order valence-electron chi connectivity index (χ4n) is 2.25. The van der Waals surface area contributed by atoms with Crippen LogP contribution >= 0.6 is 0 Å². The zero-order valence-electron chi connectivity index (χ0n) is 11.5. The summed E-state index contributed by atoms with van der Waals surface area (Å²) in [7, 11) is 3.96. The molecule has 4 heteroatoms. The first kappa shape index (κ1) is 14.6. The molecule has 0 fully saturated rings. The van der Waals surface area contributed by atoms with Crippen molar-refractivity contribution in [1.29, 1.82) is 0 Å². The highest BCUT2D eigenvalue weighted by molar-refractivity contribution is 5.85. The Labute approximate surface area is 108 Å². The number of benzene rings is 1. The molecule has 18 heavy (non-hydrogen) atoms. The van der Waals surface area contributed by atoms with Crippen molar-refractivity contribution in [1.82, 2.24) is 4.90 Å². The minimum atomic E-state index is -0.341. The molecule has 0 radical (unpaired) electrons. The van der Waals surface area contributed by atoms with Gasteiger partial charge in [0.1, 0.15) is 5.82 Å². The van der Waals surface area contributed by atoms with E-state index in [4.69, 9.17) is 0 Å². The van der Waals surface area contributed by atoms with Crippen LogP contribution in [0.3, 0.4) is 0 Å². The van der Waals surface area contributed by atoms with E-state index >= 15 is 0 Å². The average molecular weight is 252 g/mol. The second kappa shape index (κ2) is 6.50. The van der Waals surface area contributed by atoms with Crippen molar-refractivity contribution in [2.24, 2.45) is 0 Å². The summed E-state index contributed by atoms with van der Waals surface area (Å²) < 4.78 is 14.0. The van der Waals surface area contributed by atoms with E-state index in [1.807, 2.05) is 32.8 Å². The number of carbonyl (C=O) groups is 1. The number of rotatable bonds is 6. The molecule has 3 nitrogen and oxygen atoms in total. The third kappa shape index (κ3) is 3.29. The van der Waals surface area contributed by atoms with Gasteiger partial charge in [-0.2, -0.15) is 0 Å². The van der Waals surface area contributed by atoms with Crippen molar-refractivity contribution in [3.05, 3.63) is 29.6 Å². The zero-order valence-corrected chi connectivity index (χ0v) is 11.5. The lowest BCUT2D eigenvalue weighted by molar-refractivity contribution is 0.112. The van der Waals surface area contributed by atoms with Gasteiger partial charge in [0.25, 0.3) is 0 Å². The monoisotopic (exact) mass is 252 g/mol. The van der Waals surface area contributed by atoms with Gasteiger partial charge in [0.15, 0.2) is 6.29 Å². The molecule has 1 unspecified atom stereocenters. The topological polar surface area (TPSA) is 23.6 Å². The quantitative estimate of drug-likeness (QED) is 0.726. The molecule has 0 aliphatic heterocycles. The molecular weight excluding hydrogens is 231 g/mol. The number of likely N-dealkylation sites (N-methyl/N-ethyl adjacent to an activating group) is 2. The Balaban J connectivity index is 3.11. The van der Waals surface area contributed by atoms with Crippen LogP contribution in [-0.2, 0) is 0 Å². The van der Waals surface area contributed by atoms with Crippen LogP contribution in [-0.4, -0.2) is 44.4 Å². The maximum absolute atomic E-state index is 14.0. The van der Waals surface area contributed by atoms with E-state index in [-0.39, 0.29) is 11.9 Å². The second-order valence-electron chi connectivity index (χ2n) is 4.69. The molecule has 0 saturated heterocycles. The minimum absolute atomic E-state index is 0.139. The number of hydrogen-bond donors (Lipinski definition) is 0. The van der Waals surface area contributed by atoms with Gasteiger partial charge in [-0.1, -0.05) is 6.07 Å². The van der Waals surface area contributed by atoms with Crippen LogP contribution in [0.4, 0.5) is 10.1 Å². The highest BCUT2D eigenvalue weighted by Crippen LogP contribution is 2.25. The summed E-state index contributed by atoms with van der Waals surface area (Å²) >= 11 is 0. The Kier molecular flexibility index (Phi) is 5.28. The van der Waals surface area contributed by atoms with Crippen molar-refractivity contribution in [3.63, 3.8) is 0 Å². The predicted molar refractivity (Wildman–Crippen MR) is 72.8 cm³/mol. The SMILES string of the molecule is CCN(c1c(F)cccc1C=O)C(C)CN(C)C. The molecule has 1 aromatic rings. The second-order valence-corrected chi connectivity index (χ2v) is 4.69. The Morgan fingerprint density at radius 3 is 2.56 bits per heavy atom. The van der Waals surface area contributed by atoms with Crippen molar-refractivity contribution >= 4 is 12.0 Å². The van der Waals surface area contributed by atoms with Gasteiger partial charge >= 0.3 is 0 Å². The normalized spacial score (nSPS) is 12.6. The molecule has 0 aromatic heterocycles. The molecule has 0 aliphatic carbocycles. The Bertz CT molecular complexity index is 407. The van der Waals surface area contributed by atoms with E-state index in [1.54, 1.807) is 12.1 Å². The third-order valence-corrected chi connectivity index (χ3v) is 2.93. The van der Waals surface area contributed by atoms with E-state index in [9.17, 15) is 9.18 Å². The van der Waals surface area contributed by atoms with E-state index in [0.717, 1.165) is 6.54 Å². The number of hydrogen-bond acceptors (Lipinski definition) is 3. The maximum Gasteiger partial charge on any atom is 0.152 e. The Morgan fingerprint density at radius 2 is 2.06 bits per heavy atom. The molecule has 0 aliphatic rings. The van der Waals surface area contributed by atoms with Gasteiger partial charge in [0.2, 0.25) is 0 Å². The lowest BCUT2D eigenvalue weighted by atomic mass is 10.1. The summed E-state index contributed by atoms with van der Waals surface area (Å²) in [6.07, 6.45) is 0.712. The molecule has 1 rings (SSSR count). The first-order chi connectivity index (χ1) is 8.51. The summed E-state index contributed by atoms with van der Waals surface area (Å²) in [4.78, 5) is 15.0. The van der Waals surface area contributed by atoms with Gasteiger partial charge in [0, 0.05) is 24.7 Å². The number of para-hydroxylation sites is 1. The summed E-state index contributed by atoms with van der Waals surface area (Å²) in [5.41, 5.74) is 0.812. The average Bonchev–Trinajstić information content (AvgIpc) is 2.31. The summed E-state index contributed by atoms with van der Waals surface area (Å²) in [5.74, 6) is -0.341. The van der Waals surface area contributed by atoms with Crippen LogP contribution in [0.5, 0.6) is 0 Å². The zero-order chi connectivity index (χ0) is 13.7. The molecule has 100 valence electrons. The predicted octanol–water partition coefficient (Wildman–Crippen LogP) is 2.41. The minimum Gasteiger partial charge on any atom is -0.365 e. The van der Waals surface area contributed by atoms with Crippen LogP contribution in [0.1, 0.15) is 24.2 Å². The van der Waals surface area contributed by atoms with Gasteiger partial charge in [-0.15, -0.1) is 0 Å².